The molecule has 76 valence electrons. The molecule has 0 aromatic heterocycles. The minimum atomic E-state index is -1.99. The molecule has 1 saturated carbocycles. The molecule has 0 saturated heterocycles. The Labute approximate surface area is 81.6 Å². The van der Waals surface area contributed by atoms with E-state index in [2.05, 4.69) is 6.92 Å². The molecule has 0 radical (unpaired) electrons. The van der Waals surface area contributed by atoms with Crippen molar-refractivity contribution in [3.05, 3.63) is 0 Å². The highest BCUT2D eigenvalue weighted by Crippen LogP contribution is 2.49. The monoisotopic (exact) mass is 203 g/mol. The van der Waals surface area contributed by atoms with Crippen LogP contribution >= 0.6 is 8.03 Å². The van der Waals surface area contributed by atoms with Crippen LogP contribution in [0.5, 0.6) is 0 Å². The summed E-state index contributed by atoms with van der Waals surface area (Å²) in [4.78, 5) is 9.18. The Morgan fingerprint density at radius 1 is 1.38 bits per heavy atom. The normalized spacial score (nSPS) is 25.3. The molecule has 1 aliphatic rings. The summed E-state index contributed by atoms with van der Waals surface area (Å²) in [6.07, 6.45) is 7.12. The minimum absolute atomic E-state index is 0.0206. The maximum Gasteiger partial charge on any atom is 0.508 e. The van der Waals surface area contributed by atoms with Crippen LogP contribution in [-0.2, 0) is 4.57 Å². The summed E-state index contributed by atoms with van der Waals surface area (Å²) in [7, 11) is -1.99. The topological polar surface area (TPSA) is 37.3 Å². The molecular weight excluding hydrogens is 183 g/mol. The quantitative estimate of drug-likeness (QED) is 0.713. The SMILES string of the molecule is CCC1(C(C)[P+](=O)O)CCCCC1. The van der Waals surface area contributed by atoms with E-state index in [9.17, 15) is 9.46 Å². The van der Waals surface area contributed by atoms with Gasteiger partial charge in [-0.2, -0.15) is 4.89 Å². The Kier molecular flexibility index (Phi) is 3.87. The van der Waals surface area contributed by atoms with Gasteiger partial charge < -0.3 is 0 Å². The first kappa shape index (κ1) is 11.1. The zero-order valence-corrected chi connectivity index (χ0v) is 9.52. The first-order valence-electron chi connectivity index (χ1n) is 5.27. The summed E-state index contributed by atoms with van der Waals surface area (Å²) in [6, 6.07) is 0. The second-order valence-corrected chi connectivity index (χ2v) is 5.63. The van der Waals surface area contributed by atoms with Crippen molar-refractivity contribution < 1.29 is 9.46 Å². The Morgan fingerprint density at radius 2 is 1.92 bits per heavy atom. The Morgan fingerprint density at radius 3 is 2.31 bits per heavy atom. The summed E-state index contributed by atoms with van der Waals surface area (Å²) in [5, 5.41) is 0. The predicted octanol–water partition coefficient (Wildman–Crippen LogP) is 3.47. The van der Waals surface area contributed by atoms with Crippen molar-refractivity contribution in [2.45, 2.75) is 58.0 Å². The van der Waals surface area contributed by atoms with Gasteiger partial charge in [-0.1, -0.05) is 26.2 Å². The lowest BCUT2D eigenvalue weighted by molar-refractivity contribution is 0.172. The molecule has 1 N–H and O–H groups in total. The summed E-state index contributed by atoms with van der Waals surface area (Å²) >= 11 is 0. The molecule has 0 aliphatic heterocycles. The van der Waals surface area contributed by atoms with Crippen LogP contribution in [0, 0.1) is 5.41 Å². The van der Waals surface area contributed by atoms with Gasteiger partial charge in [-0.3, -0.25) is 0 Å². The van der Waals surface area contributed by atoms with Gasteiger partial charge in [-0.15, -0.1) is 0 Å². The molecule has 1 aliphatic carbocycles. The van der Waals surface area contributed by atoms with Crippen LogP contribution < -0.4 is 0 Å². The first-order chi connectivity index (χ1) is 6.12. The van der Waals surface area contributed by atoms with Crippen molar-refractivity contribution in [1.29, 1.82) is 0 Å². The number of hydrogen-bond donors (Lipinski definition) is 1. The molecule has 1 fully saturated rings. The predicted molar refractivity (Wildman–Crippen MR) is 55.1 cm³/mol. The van der Waals surface area contributed by atoms with Gasteiger partial charge in [0.25, 0.3) is 0 Å². The molecule has 2 unspecified atom stereocenters. The van der Waals surface area contributed by atoms with Gasteiger partial charge in [-0.25, -0.2) is 0 Å². The van der Waals surface area contributed by atoms with E-state index in [0.29, 0.717) is 0 Å². The van der Waals surface area contributed by atoms with E-state index < -0.39 is 8.03 Å². The molecule has 0 aromatic carbocycles. The van der Waals surface area contributed by atoms with Crippen molar-refractivity contribution in [2.24, 2.45) is 5.41 Å². The molecule has 0 bridgehead atoms. The zero-order valence-electron chi connectivity index (χ0n) is 8.62. The average Bonchev–Trinajstić information content (AvgIpc) is 2.17. The largest absolute Gasteiger partial charge is 0.508 e. The highest BCUT2D eigenvalue weighted by Gasteiger charge is 2.45. The molecule has 0 amide bonds. The van der Waals surface area contributed by atoms with E-state index in [1.807, 2.05) is 6.92 Å². The van der Waals surface area contributed by atoms with Crippen LogP contribution in [0.25, 0.3) is 0 Å². The van der Waals surface area contributed by atoms with E-state index in [1.54, 1.807) is 0 Å². The van der Waals surface area contributed by atoms with Gasteiger partial charge >= 0.3 is 8.03 Å². The smallest absolute Gasteiger partial charge is 0.161 e. The molecule has 0 spiro atoms. The average molecular weight is 203 g/mol. The van der Waals surface area contributed by atoms with Crippen molar-refractivity contribution in [3.63, 3.8) is 0 Å². The van der Waals surface area contributed by atoms with Gasteiger partial charge in [0.1, 0.15) is 0 Å². The fraction of sp³-hybridized carbons (Fsp3) is 1.00. The first-order valence-corrected chi connectivity index (χ1v) is 6.56. The van der Waals surface area contributed by atoms with E-state index in [-0.39, 0.29) is 11.1 Å². The van der Waals surface area contributed by atoms with Crippen LogP contribution in [0.3, 0.4) is 0 Å². The Balaban J connectivity index is 2.72. The van der Waals surface area contributed by atoms with Crippen LogP contribution in [0.1, 0.15) is 52.4 Å². The molecule has 2 atom stereocenters. The van der Waals surface area contributed by atoms with Gasteiger partial charge in [0, 0.05) is 5.41 Å². The molecule has 1 rings (SSSR count). The van der Waals surface area contributed by atoms with Crippen molar-refractivity contribution in [2.75, 3.05) is 0 Å². The highest BCUT2D eigenvalue weighted by atomic mass is 31.1. The van der Waals surface area contributed by atoms with Crippen molar-refractivity contribution in [1.82, 2.24) is 0 Å². The lowest BCUT2D eigenvalue weighted by atomic mass is 9.70. The third-order valence-electron chi connectivity index (χ3n) is 3.77. The lowest BCUT2D eigenvalue weighted by Gasteiger charge is -2.35. The van der Waals surface area contributed by atoms with E-state index >= 15 is 0 Å². The highest BCUT2D eigenvalue weighted by molar-refractivity contribution is 7.38. The zero-order chi connectivity index (χ0) is 9.90. The standard InChI is InChI=1S/C10H19O2P/c1-3-10(9(2)13(11)12)7-5-4-6-8-10/h9H,3-8H2,1-2H3/p+1. The van der Waals surface area contributed by atoms with Gasteiger partial charge in [0.2, 0.25) is 0 Å². The van der Waals surface area contributed by atoms with E-state index in [4.69, 9.17) is 0 Å². The van der Waals surface area contributed by atoms with Crippen molar-refractivity contribution in [3.8, 4) is 0 Å². The summed E-state index contributed by atoms with van der Waals surface area (Å²) < 4.78 is 11.1. The molecule has 0 aromatic rings. The molecular formula is C10H20O2P+. The summed E-state index contributed by atoms with van der Waals surface area (Å²) in [5.41, 5.74) is 0.147. The fourth-order valence-electron chi connectivity index (χ4n) is 2.56. The maximum absolute atomic E-state index is 11.1. The lowest BCUT2D eigenvalue weighted by Crippen LogP contribution is -2.32. The van der Waals surface area contributed by atoms with E-state index in [0.717, 1.165) is 19.3 Å². The van der Waals surface area contributed by atoms with Crippen LogP contribution in [-0.4, -0.2) is 10.6 Å². The Bertz CT molecular complexity index is 185. The summed E-state index contributed by atoms with van der Waals surface area (Å²) in [5.74, 6) is 0. The third kappa shape index (κ3) is 2.30. The third-order valence-corrected chi connectivity index (χ3v) is 4.98. The number of hydrogen-bond acceptors (Lipinski definition) is 1. The Hall–Kier alpha value is 0.0600. The minimum Gasteiger partial charge on any atom is -0.161 e. The fourth-order valence-corrected chi connectivity index (χ4v) is 3.47. The molecule has 2 nitrogen and oxygen atoms in total. The van der Waals surface area contributed by atoms with Crippen LogP contribution in [0.15, 0.2) is 0 Å². The second-order valence-electron chi connectivity index (χ2n) is 4.26. The van der Waals surface area contributed by atoms with Gasteiger partial charge in [-0.05, 0) is 30.8 Å². The summed E-state index contributed by atoms with van der Waals surface area (Å²) in [6.45, 7) is 4.09. The van der Waals surface area contributed by atoms with Crippen molar-refractivity contribution >= 4 is 8.03 Å². The van der Waals surface area contributed by atoms with Gasteiger partial charge in [0.05, 0.1) is 0 Å². The van der Waals surface area contributed by atoms with Gasteiger partial charge in [0.15, 0.2) is 5.66 Å². The molecule has 13 heavy (non-hydrogen) atoms. The molecule has 0 heterocycles. The maximum atomic E-state index is 11.1. The van der Waals surface area contributed by atoms with Crippen LogP contribution in [0.4, 0.5) is 0 Å². The number of rotatable bonds is 3. The van der Waals surface area contributed by atoms with Crippen LogP contribution in [0.2, 0.25) is 0 Å². The second kappa shape index (κ2) is 4.52. The molecule has 3 heteroatoms. The van der Waals surface area contributed by atoms with E-state index in [1.165, 1.54) is 19.3 Å².